The second kappa shape index (κ2) is 13.9. The van der Waals surface area contributed by atoms with Crippen molar-refractivity contribution in [3.05, 3.63) is 95.3 Å². The third-order valence-electron chi connectivity index (χ3n) is 9.88. The average molecular weight is 585 g/mol. The molecule has 3 aromatic rings. The number of rotatable bonds is 10. The fourth-order valence-electron chi connectivity index (χ4n) is 7.48. The number of anilines is 1. The Morgan fingerprint density at radius 1 is 0.884 bits per heavy atom. The van der Waals surface area contributed by atoms with Crippen LogP contribution in [0.4, 0.5) is 10.1 Å². The van der Waals surface area contributed by atoms with E-state index in [1.54, 1.807) is 19.2 Å². The lowest BCUT2D eigenvalue weighted by Gasteiger charge is -2.48. The van der Waals surface area contributed by atoms with Gasteiger partial charge in [-0.15, -0.1) is 0 Å². The van der Waals surface area contributed by atoms with Crippen LogP contribution >= 0.6 is 0 Å². The molecule has 0 unspecified atom stereocenters. The normalized spacial score (nSPS) is 21.5. The molecule has 1 amide bonds. The molecule has 1 aliphatic carbocycles. The highest BCUT2D eigenvalue weighted by atomic mass is 19.1. The number of piperazine rings is 1. The highest BCUT2D eigenvalue weighted by Gasteiger charge is 2.38. The quantitative estimate of drug-likeness (QED) is 0.366. The number of hydrogen-bond donors (Lipinski definition) is 1. The van der Waals surface area contributed by atoms with Crippen LogP contribution in [0.5, 0.6) is 5.75 Å². The van der Waals surface area contributed by atoms with E-state index in [0.29, 0.717) is 36.7 Å². The summed E-state index contributed by atoms with van der Waals surface area (Å²) in [4.78, 5) is 20.5. The van der Waals surface area contributed by atoms with E-state index in [1.165, 1.54) is 16.7 Å². The van der Waals surface area contributed by atoms with E-state index >= 15 is 0 Å². The maximum atomic E-state index is 14.5. The zero-order chi connectivity index (χ0) is 29.6. The van der Waals surface area contributed by atoms with Crippen molar-refractivity contribution in [2.75, 3.05) is 57.8 Å². The van der Waals surface area contributed by atoms with Crippen molar-refractivity contribution in [3.8, 4) is 5.75 Å². The summed E-state index contributed by atoms with van der Waals surface area (Å²) in [5.74, 6) is 1.28. The third kappa shape index (κ3) is 7.22. The molecule has 0 radical (unpaired) electrons. The van der Waals surface area contributed by atoms with E-state index in [2.05, 4.69) is 56.4 Å². The van der Waals surface area contributed by atoms with Gasteiger partial charge in [0.2, 0.25) is 5.91 Å². The van der Waals surface area contributed by atoms with Crippen LogP contribution in [0.3, 0.4) is 0 Å². The van der Waals surface area contributed by atoms with Gasteiger partial charge in [-0.1, -0.05) is 48.5 Å². The number of benzene rings is 3. The minimum absolute atomic E-state index is 0.141. The number of amides is 1. The van der Waals surface area contributed by atoms with Gasteiger partial charge >= 0.3 is 0 Å². The molecule has 0 aromatic heterocycles. The molecule has 228 valence electrons. The van der Waals surface area contributed by atoms with Crippen molar-refractivity contribution in [1.29, 1.82) is 0 Å². The molecule has 0 bridgehead atoms. The number of ether oxygens (including phenoxy) is 1. The zero-order valence-electron chi connectivity index (χ0n) is 25.4. The largest absolute Gasteiger partial charge is 0.497 e. The van der Waals surface area contributed by atoms with E-state index in [4.69, 9.17) is 4.74 Å². The monoisotopic (exact) mass is 584 g/mol. The molecule has 6 nitrogen and oxygen atoms in total. The first kappa shape index (κ1) is 29.6. The number of nitrogens with one attached hydrogen (secondary N) is 1. The highest BCUT2D eigenvalue weighted by molar-refractivity contribution is 5.75. The summed E-state index contributed by atoms with van der Waals surface area (Å²) in [6.45, 7) is 6.30. The smallest absolute Gasteiger partial charge is 0.220 e. The molecule has 3 aromatic carbocycles. The maximum Gasteiger partial charge on any atom is 0.220 e. The predicted octanol–water partition coefficient (Wildman–Crippen LogP) is 4.95. The zero-order valence-corrected chi connectivity index (χ0v) is 25.4. The number of hydrogen-bond acceptors (Lipinski definition) is 5. The number of fused-ring (bicyclic) bond motifs is 1. The highest BCUT2D eigenvalue weighted by Crippen LogP contribution is 2.33. The third-order valence-corrected chi connectivity index (χ3v) is 9.88. The summed E-state index contributed by atoms with van der Waals surface area (Å²) in [5, 5.41) is 3.16. The van der Waals surface area contributed by atoms with Gasteiger partial charge in [0.1, 0.15) is 11.6 Å². The number of nitrogens with zero attached hydrogens (tertiary/aromatic N) is 3. The molecule has 7 heteroatoms. The van der Waals surface area contributed by atoms with Crippen molar-refractivity contribution < 1.29 is 13.9 Å². The summed E-state index contributed by atoms with van der Waals surface area (Å²) in [7, 11) is 1.67. The van der Waals surface area contributed by atoms with Crippen LogP contribution in [0.25, 0.3) is 0 Å². The fraction of sp³-hybridized carbons (Fsp3) is 0.472. The molecule has 2 heterocycles. The molecular weight excluding hydrogens is 539 g/mol. The van der Waals surface area contributed by atoms with E-state index in [9.17, 15) is 9.18 Å². The lowest BCUT2D eigenvalue weighted by Crippen LogP contribution is -2.58. The van der Waals surface area contributed by atoms with Crippen molar-refractivity contribution in [2.24, 2.45) is 5.92 Å². The van der Waals surface area contributed by atoms with Gasteiger partial charge in [0.25, 0.3) is 0 Å². The van der Waals surface area contributed by atoms with Crippen LogP contribution in [0.2, 0.25) is 0 Å². The minimum atomic E-state index is -0.141. The molecule has 6 rings (SSSR count). The molecule has 2 atom stereocenters. The molecule has 1 N–H and O–H groups in total. The Hall–Kier alpha value is -3.42. The molecule has 3 aliphatic rings. The molecule has 2 aliphatic heterocycles. The Morgan fingerprint density at radius 3 is 2.28 bits per heavy atom. The first-order chi connectivity index (χ1) is 21.1. The number of piperidine rings is 1. The summed E-state index contributed by atoms with van der Waals surface area (Å²) >= 11 is 0. The van der Waals surface area contributed by atoms with Gasteiger partial charge < -0.3 is 15.0 Å². The first-order valence-electron chi connectivity index (χ1n) is 16.0. The molecule has 43 heavy (non-hydrogen) atoms. The lowest BCUT2D eigenvalue weighted by molar-refractivity contribution is -0.121. The lowest BCUT2D eigenvalue weighted by atomic mass is 9.85. The number of carbonyl (C=O) groups excluding carboxylic acids is 1. The number of halogens is 1. The van der Waals surface area contributed by atoms with Gasteiger partial charge in [0, 0.05) is 57.8 Å². The van der Waals surface area contributed by atoms with Crippen LogP contribution in [0.15, 0.2) is 72.8 Å². The Morgan fingerprint density at radius 2 is 1.58 bits per heavy atom. The van der Waals surface area contributed by atoms with Gasteiger partial charge in [-0.3, -0.25) is 14.6 Å². The second-order valence-electron chi connectivity index (χ2n) is 12.4. The predicted molar refractivity (Wildman–Crippen MR) is 170 cm³/mol. The second-order valence-corrected chi connectivity index (χ2v) is 12.4. The SMILES string of the molecule is COc1ccc(CCNC(=O)CC[C@H]2CN(C3Cc4ccccc4C3)CC[C@H]2N2CCN(c3ccccc3F)CC2)cc1. The van der Waals surface area contributed by atoms with Gasteiger partial charge in [0.15, 0.2) is 0 Å². The van der Waals surface area contributed by atoms with Crippen LogP contribution < -0.4 is 15.0 Å². The van der Waals surface area contributed by atoms with Crippen LogP contribution in [-0.2, 0) is 24.1 Å². The Labute approximate surface area is 255 Å². The van der Waals surface area contributed by atoms with Gasteiger partial charge in [0.05, 0.1) is 12.8 Å². The van der Waals surface area contributed by atoms with Gasteiger partial charge in [-0.05, 0) is 85.5 Å². The standard InChI is InChI=1S/C36H45FN4O2/c1-43-32-13-10-27(11-14-32)16-18-38-36(42)15-12-30-26-41(31-24-28-6-2-3-7-29(28)25-31)19-17-34(30)39-20-22-40(23-21-39)35-9-5-4-8-33(35)37/h2-11,13-14,30-31,34H,12,15-26H2,1H3,(H,38,42)/t30-,34+/m0/s1. The van der Waals surface area contributed by atoms with E-state index in [0.717, 1.165) is 77.1 Å². The number of likely N-dealkylation sites (tertiary alicyclic amines) is 1. The molecule has 0 saturated carbocycles. The summed E-state index contributed by atoms with van der Waals surface area (Å²) < 4.78 is 19.7. The first-order valence-corrected chi connectivity index (χ1v) is 16.0. The summed E-state index contributed by atoms with van der Waals surface area (Å²) in [6, 6.07) is 25.0. The molecular formula is C36H45FN4O2. The van der Waals surface area contributed by atoms with E-state index in [-0.39, 0.29) is 11.7 Å². The van der Waals surface area contributed by atoms with Crippen LogP contribution in [0, 0.1) is 11.7 Å². The summed E-state index contributed by atoms with van der Waals surface area (Å²) in [5.41, 5.74) is 4.88. The summed E-state index contributed by atoms with van der Waals surface area (Å²) in [6.07, 6.45) is 5.63. The van der Waals surface area contributed by atoms with Crippen LogP contribution in [0.1, 0.15) is 36.0 Å². The molecule has 0 spiro atoms. The van der Waals surface area contributed by atoms with E-state index < -0.39 is 0 Å². The van der Waals surface area contributed by atoms with Crippen molar-refractivity contribution in [2.45, 2.75) is 50.6 Å². The van der Waals surface area contributed by atoms with Crippen molar-refractivity contribution in [1.82, 2.24) is 15.1 Å². The minimum Gasteiger partial charge on any atom is -0.497 e. The Bertz CT molecular complexity index is 1330. The Balaban J connectivity index is 1.06. The number of carbonyl (C=O) groups is 1. The van der Waals surface area contributed by atoms with Crippen molar-refractivity contribution in [3.63, 3.8) is 0 Å². The Kier molecular flexibility index (Phi) is 9.59. The number of methoxy groups -OCH3 is 1. The average Bonchev–Trinajstić information content (AvgIpc) is 3.49. The molecule has 2 saturated heterocycles. The fourth-order valence-corrected chi connectivity index (χ4v) is 7.48. The van der Waals surface area contributed by atoms with E-state index in [1.807, 2.05) is 24.3 Å². The van der Waals surface area contributed by atoms with Crippen molar-refractivity contribution >= 4 is 11.6 Å². The maximum absolute atomic E-state index is 14.5. The molecule has 2 fully saturated rings. The van der Waals surface area contributed by atoms with Gasteiger partial charge in [-0.2, -0.15) is 0 Å². The topological polar surface area (TPSA) is 48.1 Å². The number of para-hydroxylation sites is 1. The van der Waals surface area contributed by atoms with Crippen LogP contribution in [-0.4, -0.2) is 80.7 Å². The van der Waals surface area contributed by atoms with Gasteiger partial charge in [-0.25, -0.2) is 4.39 Å².